The Morgan fingerprint density at radius 2 is 2.19 bits per heavy atom. The van der Waals surface area contributed by atoms with E-state index in [2.05, 4.69) is 15.1 Å². The van der Waals surface area contributed by atoms with Gasteiger partial charge in [-0.25, -0.2) is 9.97 Å². The molecule has 16 heavy (non-hydrogen) atoms. The van der Waals surface area contributed by atoms with Crippen molar-refractivity contribution < 1.29 is 0 Å². The molecule has 0 N–H and O–H groups in total. The molecule has 1 atom stereocenters. The maximum atomic E-state index is 6.01. The lowest BCUT2D eigenvalue weighted by Crippen LogP contribution is -1.99. The van der Waals surface area contributed by atoms with E-state index in [1.165, 1.54) is 0 Å². The van der Waals surface area contributed by atoms with Gasteiger partial charge in [0.15, 0.2) is 5.82 Å². The summed E-state index contributed by atoms with van der Waals surface area (Å²) in [6.07, 6.45) is 3.64. The van der Waals surface area contributed by atoms with E-state index in [-0.39, 0.29) is 5.38 Å². The molecular weight excluding hydrogens is 224 g/mol. The van der Waals surface area contributed by atoms with Gasteiger partial charge in [0.05, 0.1) is 5.38 Å². The zero-order chi connectivity index (χ0) is 11.7. The van der Waals surface area contributed by atoms with Crippen LogP contribution in [0.4, 0.5) is 0 Å². The Morgan fingerprint density at radius 1 is 1.44 bits per heavy atom. The second-order valence-electron chi connectivity index (χ2n) is 3.73. The van der Waals surface area contributed by atoms with Crippen LogP contribution in [0.2, 0.25) is 0 Å². The fourth-order valence-electron chi connectivity index (χ4n) is 1.52. The van der Waals surface area contributed by atoms with E-state index in [1.54, 1.807) is 10.9 Å². The molecule has 0 fully saturated rings. The molecule has 0 aliphatic carbocycles. The minimum absolute atomic E-state index is 0.0715. The summed E-state index contributed by atoms with van der Waals surface area (Å²) in [6, 6.07) is 1.89. The van der Waals surface area contributed by atoms with E-state index < -0.39 is 0 Å². The molecule has 4 nitrogen and oxygen atoms in total. The van der Waals surface area contributed by atoms with E-state index in [4.69, 9.17) is 11.6 Å². The first-order valence-corrected chi connectivity index (χ1v) is 5.49. The van der Waals surface area contributed by atoms with Crippen molar-refractivity contribution in [3.8, 4) is 11.5 Å². The van der Waals surface area contributed by atoms with Gasteiger partial charge in [0.1, 0.15) is 5.69 Å². The summed E-state index contributed by atoms with van der Waals surface area (Å²) >= 11 is 6.01. The average Bonchev–Trinajstić information content (AvgIpc) is 2.64. The molecule has 0 radical (unpaired) electrons. The monoisotopic (exact) mass is 236 g/mol. The number of hydrogen-bond acceptors (Lipinski definition) is 3. The average molecular weight is 237 g/mol. The first kappa shape index (κ1) is 11.1. The second kappa shape index (κ2) is 4.22. The molecule has 2 aromatic heterocycles. The normalized spacial score (nSPS) is 12.8. The predicted molar refractivity (Wildman–Crippen MR) is 63.2 cm³/mol. The summed E-state index contributed by atoms with van der Waals surface area (Å²) in [7, 11) is 1.87. The standard InChI is InChI=1S/C11H13ClN4/c1-7(12)9-6-13-11(14-8(9)2)10-4-5-16(3)15-10/h4-7H,1-3H3. The van der Waals surface area contributed by atoms with Crippen LogP contribution >= 0.6 is 11.6 Å². The highest BCUT2D eigenvalue weighted by Crippen LogP contribution is 2.22. The van der Waals surface area contributed by atoms with Crippen molar-refractivity contribution >= 4 is 11.6 Å². The molecular formula is C11H13ClN4. The van der Waals surface area contributed by atoms with Crippen LogP contribution in [0.1, 0.15) is 23.6 Å². The summed E-state index contributed by atoms with van der Waals surface area (Å²) in [6.45, 7) is 3.84. The van der Waals surface area contributed by atoms with Gasteiger partial charge >= 0.3 is 0 Å². The lowest BCUT2D eigenvalue weighted by atomic mass is 10.2. The summed E-state index contributed by atoms with van der Waals surface area (Å²) in [4.78, 5) is 8.68. The fraction of sp³-hybridized carbons (Fsp3) is 0.364. The molecule has 1 unspecified atom stereocenters. The predicted octanol–water partition coefficient (Wildman–Crippen LogP) is 2.49. The highest BCUT2D eigenvalue weighted by molar-refractivity contribution is 6.20. The zero-order valence-electron chi connectivity index (χ0n) is 9.48. The van der Waals surface area contributed by atoms with Crippen LogP contribution in [0.15, 0.2) is 18.5 Å². The van der Waals surface area contributed by atoms with E-state index in [0.29, 0.717) is 5.82 Å². The number of hydrogen-bond donors (Lipinski definition) is 0. The molecule has 0 saturated carbocycles. The molecule has 2 heterocycles. The third-order valence-electron chi connectivity index (χ3n) is 2.39. The quantitative estimate of drug-likeness (QED) is 0.753. The molecule has 0 bridgehead atoms. The second-order valence-corrected chi connectivity index (χ2v) is 4.38. The van der Waals surface area contributed by atoms with Crippen molar-refractivity contribution in [1.29, 1.82) is 0 Å². The molecule has 0 aromatic carbocycles. The van der Waals surface area contributed by atoms with Gasteiger partial charge in [-0.15, -0.1) is 11.6 Å². The Bertz CT molecular complexity index is 504. The van der Waals surface area contributed by atoms with Crippen molar-refractivity contribution in [2.24, 2.45) is 7.05 Å². The number of halogens is 1. The number of nitrogens with zero attached hydrogens (tertiary/aromatic N) is 4. The van der Waals surface area contributed by atoms with Gasteiger partial charge in [-0.3, -0.25) is 4.68 Å². The molecule has 0 aliphatic rings. The fourth-order valence-corrected chi connectivity index (χ4v) is 1.74. The topological polar surface area (TPSA) is 43.6 Å². The summed E-state index contributed by atoms with van der Waals surface area (Å²) in [5.41, 5.74) is 2.64. The van der Waals surface area contributed by atoms with E-state index in [0.717, 1.165) is 17.0 Å². The van der Waals surface area contributed by atoms with E-state index >= 15 is 0 Å². The molecule has 0 amide bonds. The lowest BCUT2D eigenvalue weighted by molar-refractivity contribution is 0.768. The number of rotatable bonds is 2. The SMILES string of the molecule is Cc1nc(-c2ccn(C)n2)ncc1C(C)Cl. The minimum Gasteiger partial charge on any atom is -0.275 e. The van der Waals surface area contributed by atoms with Crippen LogP contribution in [0.5, 0.6) is 0 Å². The van der Waals surface area contributed by atoms with Gasteiger partial charge in [-0.1, -0.05) is 0 Å². The minimum atomic E-state index is -0.0715. The zero-order valence-corrected chi connectivity index (χ0v) is 10.2. The molecule has 2 aromatic rings. The summed E-state index contributed by atoms with van der Waals surface area (Å²) < 4.78 is 1.73. The highest BCUT2D eigenvalue weighted by atomic mass is 35.5. The third kappa shape index (κ3) is 2.07. The number of aryl methyl sites for hydroxylation is 2. The maximum Gasteiger partial charge on any atom is 0.180 e. The van der Waals surface area contributed by atoms with Crippen LogP contribution < -0.4 is 0 Å². The Kier molecular flexibility index (Phi) is 2.92. The molecule has 5 heteroatoms. The maximum absolute atomic E-state index is 6.01. The van der Waals surface area contributed by atoms with E-state index in [1.807, 2.05) is 33.2 Å². The van der Waals surface area contributed by atoms with Crippen molar-refractivity contribution in [1.82, 2.24) is 19.7 Å². The highest BCUT2D eigenvalue weighted by Gasteiger charge is 2.10. The van der Waals surface area contributed by atoms with Crippen molar-refractivity contribution in [2.75, 3.05) is 0 Å². The van der Waals surface area contributed by atoms with Crippen LogP contribution in [0.3, 0.4) is 0 Å². The molecule has 2 rings (SSSR count). The van der Waals surface area contributed by atoms with Crippen LogP contribution in [-0.4, -0.2) is 19.7 Å². The summed E-state index contributed by atoms with van der Waals surface area (Å²) in [5.74, 6) is 0.638. The van der Waals surface area contributed by atoms with Crippen molar-refractivity contribution in [2.45, 2.75) is 19.2 Å². The number of aromatic nitrogens is 4. The Labute approximate surface area is 99.3 Å². The molecule has 0 aliphatic heterocycles. The van der Waals surface area contributed by atoms with Gasteiger partial charge < -0.3 is 0 Å². The molecule has 0 spiro atoms. The van der Waals surface area contributed by atoms with Gasteiger partial charge in [-0.05, 0) is 19.9 Å². The van der Waals surface area contributed by atoms with Gasteiger partial charge in [0, 0.05) is 30.7 Å². The van der Waals surface area contributed by atoms with Crippen molar-refractivity contribution in [3.63, 3.8) is 0 Å². The lowest BCUT2D eigenvalue weighted by Gasteiger charge is -2.06. The third-order valence-corrected chi connectivity index (χ3v) is 2.62. The first-order valence-electron chi connectivity index (χ1n) is 5.05. The van der Waals surface area contributed by atoms with E-state index in [9.17, 15) is 0 Å². The Hall–Kier alpha value is -1.42. The molecule has 0 saturated heterocycles. The largest absolute Gasteiger partial charge is 0.275 e. The van der Waals surface area contributed by atoms with Gasteiger partial charge in [0.25, 0.3) is 0 Å². The Balaban J connectivity index is 2.42. The summed E-state index contributed by atoms with van der Waals surface area (Å²) in [5, 5.41) is 4.18. The first-order chi connectivity index (χ1) is 7.58. The smallest absolute Gasteiger partial charge is 0.180 e. The van der Waals surface area contributed by atoms with Crippen LogP contribution in [-0.2, 0) is 7.05 Å². The molecule has 84 valence electrons. The van der Waals surface area contributed by atoms with Crippen LogP contribution in [0.25, 0.3) is 11.5 Å². The Morgan fingerprint density at radius 3 is 2.69 bits per heavy atom. The van der Waals surface area contributed by atoms with Gasteiger partial charge in [0.2, 0.25) is 0 Å². The van der Waals surface area contributed by atoms with Crippen LogP contribution in [0, 0.1) is 6.92 Å². The number of alkyl halides is 1. The van der Waals surface area contributed by atoms with Crippen molar-refractivity contribution in [3.05, 3.63) is 29.7 Å². The van der Waals surface area contributed by atoms with Gasteiger partial charge in [-0.2, -0.15) is 5.10 Å².